The Kier molecular flexibility index (Phi) is 3.05. The van der Waals surface area contributed by atoms with Crippen molar-refractivity contribution < 1.29 is 19.0 Å². The SMILES string of the molecule is OC(c1ccc(F)cc1)c1cc(Cl)c2c(c1)OCO2. The van der Waals surface area contributed by atoms with Gasteiger partial charge in [-0.2, -0.15) is 0 Å². The molecular weight excluding hydrogens is 271 g/mol. The fraction of sp³-hybridized carbons (Fsp3) is 0.143. The van der Waals surface area contributed by atoms with Gasteiger partial charge in [-0.25, -0.2) is 4.39 Å². The van der Waals surface area contributed by atoms with Crippen LogP contribution in [0, 0.1) is 5.82 Å². The van der Waals surface area contributed by atoms with E-state index >= 15 is 0 Å². The molecule has 3 nitrogen and oxygen atoms in total. The highest BCUT2D eigenvalue weighted by atomic mass is 35.5. The third kappa shape index (κ3) is 2.25. The van der Waals surface area contributed by atoms with Gasteiger partial charge in [-0.3, -0.25) is 0 Å². The van der Waals surface area contributed by atoms with E-state index in [1.54, 1.807) is 12.1 Å². The van der Waals surface area contributed by atoms with E-state index in [1.165, 1.54) is 24.3 Å². The van der Waals surface area contributed by atoms with Gasteiger partial charge in [0.15, 0.2) is 11.5 Å². The lowest BCUT2D eigenvalue weighted by Crippen LogP contribution is -2.00. The lowest BCUT2D eigenvalue weighted by atomic mass is 10.0. The molecule has 98 valence electrons. The van der Waals surface area contributed by atoms with Crippen LogP contribution in [0.1, 0.15) is 17.2 Å². The van der Waals surface area contributed by atoms with Gasteiger partial charge in [0.1, 0.15) is 11.9 Å². The molecule has 0 saturated heterocycles. The number of aliphatic hydroxyl groups excluding tert-OH is 1. The van der Waals surface area contributed by atoms with Crippen molar-refractivity contribution in [1.82, 2.24) is 0 Å². The van der Waals surface area contributed by atoms with E-state index in [9.17, 15) is 9.50 Å². The third-order valence-electron chi connectivity index (χ3n) is 2.95. The van der Waals surface area contributed by atoms with Crippen LogP contribution in [-0.4, -0.2) is 11.9 Å². The normalized spacial score (nSPS) is 14.5. The number of halogens is 2. The number of hydrogen-bond acceptors (Lipinski definition) is 3. The lowest BCUT2D eigenvalue weighted by Gasteiger charge is -2.12. The topological polar surface area (TPSA) is 38.7 Å². The number of rotatable bonds is 2. The average molecular weight is 281 g/mol. The van der Waals surface area contributed by atoms with E-state index in [-0.39, 0.29) is 12.6 Å². The molecule has 0 fully saturated rings. The van der Waals surface area contributed by atoms with Crippen molar-refractivity contribution in [3.63, 3.8) is 0 Å². The summed E-state index contributed by atoms with van der Waals surface area (Å²) in [4.78, 5) is 0. The summed E-state index contributed by atoms with van der Waals surface area (Å²) in [6.45, 7) is 0.116. The number of aliphatic hydroxyl groups is 1. The van der Waals surface area contributed by atoms with E-state index in [4.69, 9.17) is 21.1 Å². The molecule has 1 aliphatic rings. The molecule has 1 atom stereocenters. The molecular formula is C14H10ClFO3. The van der Waals surface area contributed by atoms with Gasteiger partial charge >= 0.3 is 0 Å². The Balaban J connectivity index is 1.98. The maximum Gasteiger partial charge on any atom is 0.231 e. The molecule has 0 aromatic heterocycles. The highest BCUT2D eigenvalue weighted by Crippen LogP contribution is 2.41. The minimum atomic E-state index is -0.896. The monoisotopic (exact) mass is 280 g/mol. The number of ether oxygens (including phenoxy) is 2. The Morgan fingerprint density at radius 1 is 1.11 bits per heavy atom. The molecule has 1 unspecified atom stereocenters. The van der Waals surface area contributed by atoms with Crippen LogP contribution >= 0.6 is 11.6 Å². The molecule has 0 amide bonds. The van der Waals surface area contributed by atoms with E-state index in [0.717, 1.165) is 0 Å². The molecule has 19 heavy (non-hydrogen) atoms. The van der Waals surface area contributed by atoms with Gasteiger partial charge in [0.05, 0.1) is 5.02 Å². The molecule has 1 aliphatic heterocycles. The Morgan fingerprint density at radius 2 is 1.84 bits per heavy atom. The number of benzene rings is 2. The minimum Gasteiger partial charge on any atom is -0.454 e. The van der Waals surface area contributed by atoms with Crippen LogP contribution in [0.5, 0.6) is 11.5 Å². The van der Waals surface area contributed by atoms with E-state index in [1.807, 2.05) is 0 Å². The van der Waals surface area contributed by atoms with Gasteiger partial charge in [-0.1, -0.05) is 23.7 Å². The van der Waals surface area contributed by atoms with E-state index in [0.29, 0.717) is 27.6 Å². The molecule has 1 N–H and O–H groups in total. The molecule has 0 spiro atoms. The average Bonchev–Trinajstić information content (AvgIpc) is 2.87. The van der Waals surface area contributed by atoms with Gasteiger partial charge in [-0.15, -0.1) is 0 Å². The summed E-state index contributed by atoms with van der Waals surface area (Å²) in [5.74, 6) is 0.639. The first kappa shape index (κ1) is 12.3. The predicted molar refractivity (Wildman–Crippen MR) is 68.0 cm³/mol. The zero-order valence-corrected chi connectivity index (χ0v) is 10.5. The molecule has 0 bridgehead atoms. The summed E-state index contributed by atoms with van der Waals surface area (Å²) in [6.07, 6.45) is -0.896. The quantitative estimate of drug-likeness (QED) is 0.917. The van der Waals surface area contributed by atoms with Gasteiger partial charge in [0, 0.05) is 0 Å². The minimum absolute atomic E-state index is 0.116. The van der Waals surface area contributed by atoms with Crippen LogP contribution in [-0.2, 0) is 0 Å². The highest BCUT2D eigenvalue weighted by Gasteiger charge is 2.21. The first-order valence-electron chi connectivity index (χ1n) is 5.68. The van der Waals surface area contributed by atoms with Gasteiger partial charge < -0.3 is 14.6 Å². The van der Waals surface area contributed by atoms with Crippen molar-refractivity contribution in [2.45, 2.75) is 6.10 Å². The summed E-state index contributed by atoms with van der Waals surface area (Å²) in [7, 11) is 0. The highest BCUT2D eigenvalue weighted by molar-refractivity contribution is 6.32. The largest absolute Gasteiger partial charge is 0.454 e. The summed E-state index contributed by atoms with van der Waals surface area (Å²) in [5, 5.41) is 10.6. The Hall–Kier alpha value is -1.78. The molecule has 2 aromatic carbocycles. The van der Waals surface area contributed by atoms with E-state index in [2.05, 4.69) is 0 Å². The van der Waals surface area contributed by atoms with Crippen molar-refractivity contribution in [2.75, 3.05) is 6.79 Å². The first-order chi connectivity index (χ1) is 9.15. The van der Waals surface area contributed by atoms with Crippen LogP contribution < -0.4 is 9.47 Å². The standard InChI is InChI=1S/C14H10ClFO3/c15-11-5-9(6-12-14(11)19-7-18-12)13(17)8-1-3-10(16)4-2-8/h1-6,13,17H,7H2. The number of hydrogen-bond donors (Lipinski definition) is 1. The summed E-state index contributed by atoms with van der Waals surface area (Å²) in [6, 6.07) is 8.93. The molecule has 5 heteroatoms. The second-order valence-corrected chi connectivity index (χ2v) is 4.60. The number of fused-ring (bicyclic) bond motifs is 1. The van der Waals surface area contributed by atoms with Crippen molar-refractivity contribution in [1.29, 1.82) is 0 Å². The van der Waals surface area contributed by atoms with Crippen LogP contribution in [0.15, 0.2) is 36.4 Å². The summed E-state index contributed by atoms with van der Waals surface area (Å²) >= 11 is 6.06. The second kappa shape index (κ2) is 4.72. The first-order valence-corrected chi connectivity index (χ1v) is 6.05. The Labute approximate surface area is 114 Å². The van der Waals surface area contributed by atoms with Gasteiger partial charge in [0.25, 0.3) is 0 Å². The van der Waals surface area contributed by atoms with E-state index < -0.39 is 6.10 Å². The van der Waals surface area contributed by atoms with Gasteiger partial charge in [-0.05, 0) is 35.4 Å². The predicted octanol–water partition coefficient (Wildman–Crippen LogP) is 3.29. The smallest absolute Gasteiger partial charge is 0.231 e. The molecule has 0 radical (unpaired) electrons. The lowest BCUT2D eigenvalue weighted by molar-refractivity contribution is 0.173. The van der Waals surface area contributed by atoms with Crippen molar-refractivity contribution >= 4 is 11.6 Å². The second-order valence-electron chi connectivity index (χ2n) is 4.19. The maximum atomic E-state index is 12.9. The third-order valence-corrected chi connectivity index (χ3v) is 3.23. The summed E-state index contributed by atoms with van der Waals surface area (Å²) < 4.78 is 23.3. The maximum absolute atomic E-state index is 12.9. The Bertz CT molecular complexity index is 613. The fourth-order valence-corrected chi connectivity index (χ4v) is 2.26. The zero-order valence-electron chi connectivity index (χ0n) is 9.77. The molecule has 1 heterocycles. The molecule has 0 aliphatic carbocycles. The molecule has 0 saturated carbocycles. The Morgan fingerprint density at radius 3 is 2.58 bits per heavy atom. The van der Waals surface area contributed by atoms with Crippen molar-refractivity contribution in [3.05, 3.63) is 58.4 Å². The van der Waals surface area contributed by atoms with Crippen LogP contribution in [0.25, 0.3) is 0 Å². The van der Waals surface area contributed by atoms with Gasteiger partial charge in [0.2, 0.25) is 6.79 Å². The van der Waals surface area contributed by atoms with Crippen molar-refractivity contribution in [3.8, 4) is 11.5 Å². The fourth-order valence-electron chi connectivity index (χ4n) is 1.98. The molecule has 2 aromatic rings. The van der Waals surface area contributed by atoms with Crippen LogP contribution in [0.3, 0.4) is 0 Å². The van der Waals surface area contributed by atoms with Crippen LogP contribution in [0.2, 0.25) is 5.02 Å². The molecule has 3 rings (SSSR count). The van der Waals surface area contributed by atoms with Crippen molar-refractivity contribution in [2.24, 2.45) is 0 Å². The zero-order chi connectivity index (χ0) is 13.4. The summed E-state index contributed by atoms with van der Waals surface area (Å²) in [5.41, 5.74) is 1.15. The van der Waals surface area contributed by atoms with Crippen LogP contribution in [0.4, 0.5) is 4.39 Å².